The van der Waals surface area contributed by atoms with Gasteiger partial charge in [-0.2, -0.15) is 0 Å². The first kappa shape index (κ1) is 16.2. The Morgan fingerprint density at radius 2 is 1.50 bits per heavy atom. The highest BCUT2D eigenvalue weighted by Crippen LogP contribution is 2.48. The van der Waals surface area contributed by atoms with Crippen molar-refractivity contribution in [2.75, 3.05) is 26.2 Å². The van der Waals surface area contributed by atoms with Crippen LogP contribution in [0.25, 0.3) is 0 Å². The number of hydrogen-bond donors (Lipinski definition) is 1. The monoisotopic (exact) mass is 333 g/mol. The summed E-state index contributed by atoms with van der Waals surface area (Å²) in [6.07, 6.45) is 11.0. The molecule has 1 aliphatic heterocycles. The Labute approximate surface area is 145 Å². The maximum Gasteiger partial charge on any atom is 0.317 e. The predicted molar refractivity (Wildman–Crippen MR) is 92.5 cm³/mol. The molecule has 0 aromatic rings. The highest BCUT2D eigenvalue weighted by Gasteiger charge is 2.44. The van der Waals surface area contributed by atoms with Gasteiger partial charge in [0, 0.05) is 38.1 Å². The molecule has 134 valence electrons. The number of hydrogen-bond acceptors (Lipinski definition) is 2. The van der Waals surface area contributed by atoms with Gasteiger partial charge in [0.2, 0.25) is 5.91 Å². The standard InChI is InChI=1S/C19H31N3O2/c23-18(17-13-14-6-7-15(17)12-14)21-8-10-22(11-9-21)19(24)20-16-4-2-1-3-5-16/h14-17H,1-13H2,(H,20,24). The maximum absolute atomic E-state index is 12.8. The molecule has 1 heterocycles. The van der Waals surface area contributed by atoms with Gasteiger partial charge in [0.15, 0.2) is 0 Å². The highest BCUT2D eigenvalue weighted by atomic mass is 16.2. The Bertz CT molecular complexity index is 481. The van der Waals surface area contributed by atoms with Gasteiger partial charge in [0.25, 0.3) is 0 Å². The van der Waals surface area contributed by atoms with Crippen molar-refractivity contribution in [2.24, 2.45) is 17.8 Å². The average molecular weight is 333 g/mol. The molecule has 4 rings (SSSR count). The van der Waals surface area contributed by atoms with Crippen LogP contribution in [-0.4, -0.2) is 54.0 Å². The van der Waals surface area contributed by atoms with Gasteiger partial charge in [-0.25, -0.2) is 4.79 Å². The van der Waals surface area contributed by atoms with Crippen molar-refractivity contribution < 1.29 is 9.59 Å². The summed E-state index contributed by atoms with van der Waals surface area (Å²) in [5, 5.41) is 3.19. The van der Waals surface area contributed by atoms with Crippen molar-refractivity contribution >= 4 is 11.9 Å². The van der Waals surface area contributed by atoms with Gasteiger partial charge in [-0.05, 0) is 43.9 Å². The summed E-state index contributed by atoms with van der Waals surface area (Å²) in [6, 6.07) is 0.439. The lowest BCUT2D eigenvalue weighted by Gasteiger charge is -2.38. The van der Waals surface area contributed by atoms with Gasteiger partial charge in [0.05, 0.1) is 0 Å². The van der Waals surface area contributed by atoms with E-state index in [1.54, 1.807) is 0 Å². The zero-order valence-electron chi connectivity index (χ0n) is 14.7. The number of fused-ring (bicyclic) bond motifs is 2. The summed E-state index contributed by atoms with van der Waals surface area (Å²) in [5.41, 5.74) is 0. The first-order chi connectivity index (χ1) is 11.7. The molecule has 3 saturated carbocycles. The first-order valence-electron chi connectivity index (χ1n) is 10.0. The van der Waals surface area contributed by atoms with E-state index in [9.17, 15) is 9.59 Å². The van der Waals surface area contributed by atoms with Gasteiger partial charge >= 0.3 is 6.03 Å². The Hall–Kier alpha value is -1.26. The van der Waals surface area contributed by atoms with Crippen molar-refractivity contribution in [1.29, 1.82) is 0 Å². The van der Waals surface area contributed by atoms with Gasteiger partial charge in [0.1, 0.15) is 0 Å². The summed E-state index contributed by atoms with van der Waals surface area (Å²) in [5.74, 6) is 2.11. The van der Waals surface area contributed by atoms with Crippen molar-refractivity contribution in [2.45, 2.75) is 63.8 Å². The lowest BCUT2D eigenvalue weighted by Crippen LogP contribution is -2.55. The quantitative estimate of drug-likeness (QED) is 0.844. The zero-order valence-corrected chi connectivity index (χ0v) is 14.7. The molecule has 5 nitrogen and oxygen atoms in total. The third-order valence-electron chi connectivity index (χ3n) is 6.87. The summed E-state index contributed by atoms with van der Waals surface area (Å²) >= 11 is 0. The molecule has 1 saturated heterocycles. The number of piperazine rings is 1. The van der Waals surface area contributed by atoms with E-state index in [-0.39, 0.29) is 11.9 Å². The van der Waals surface area contributed by atoms with E-state index in [2.05, 4.69) is 5.32 Å². The molecule has 0 spiro atoms. The third kappa shape index (κ3) is 3.27. The summed E-state index contributed by atoms with van der Waals surface area (Å²) in [6.45, 7) is 2.80. The Balaban J connectivity index is 1.24. The van der Waals surface area contributed by atoms with Crippen LogP contribution in [0.15, 0.2) is 0 Å². The lowest BCUT2D eigenvalue weighted by atomic mass is 9.87. The van der Waals surface area contributed by atoms with Crippen LogP contribution in [0, 0.1) is 17.8 Å². The average Bonchev–Trinajstić information content (AvgIpc) is 3.25. The number of nitrogens with one attached hydrogen (secondary N) is 1. The smallest absolute Gasteiger partial charge is 0.317 e. The fraction of sp³-hybridized carbons (Fsp3) is 0.895. The lowest BCUT2D eigenvalue weighted by molar-refractivity contribution is -0.138. The van der Waals surface area contributed by atoms with Crippen LogP contribution in [0.3, 0.4) is 0 Å². The maximum atomic E-state index is 12.8. The predicted octanol–water partition coefficient (Wildman–Crippen LogP) is 2.61. The number of carbonyl (C=O) groups is 2. The molecule has 3 amide bonds. The molecular weight excluding hydrogens is 302 g/mol. The van der Waals surface area contributed by atoms with Crippen molar-refractivity contribution in [3.8, 4) is 0 Å². The molecule has 0 aromatic heterocycles. The van der Waals surface area contributed by atoms with Crippen LogP contribution in [0.2, 0.25) is 0 Å². The molecule has 0 aromatic carbocycles. The van der Waals surface area contributed by atoms with Gasteiger partial charge in [-0.15, -0.1) is 0 Å². The van der Waals surface area contributed by atoms with Crippen LogP contribution >= 0.6 is 0 Å². The zero-order chi connectivity index (χ0) is 16.5. The Morgan fingerprint density at radius 3 is 2.12 bits per heavy atom. The second-order valence-corrected chi connectivity index (χ2v) is 8.38. The Morgan fingerprint density at radius 1 is 0.792 bits per heavy atom. The van der Waals surface area contributed by atoms with E-state index in [0.717, 1.165) is 25.2 Å². The molecule has 4 aliphatic rings. The fourth-order valence-electron chi connectivity index (χ4n) is 5.42. The molecule has 3 atom stereocenters. The minimum Gasteiger partial charge on any atom is -0.339 e. The molecule has 0 radical (unpaired) electrons. The first-order valence-corrected chi connectivity index (χ1v) is 10.0. The molecule has 3 unspecified atom stereocenters. The second kappa shape index (κ2) is 6.93. The molecule has 1 N–H and O–H groups in total. The second-order valence-electron chi connectivity index (χ2n) is 8.38. The molecule has 5 heteroatoms. The van der Waals surface area contributed by atoms with Gasteiger partial charge < -0.3 is 15.1 Å². The van der Waals surface area contributed by atoms with Crippen LogP contribution in [0.4, 0.5) is 4.79 Å². The molecule has 3 aliphatic carbocycles. The SMILES string of the molecule is O=C(NC1CCCCC1)N1CCN(C(=O)C2CC3CCC2C3)CC1. The van der Waals surface area contributed by atoms with Crippen LogP contribution in [0.5, 0.6) is 0 Å². The minimum absolute atomic E-state index is 0.0777. The van der Waals surface area contributed by atoms with Crippen LogP contribution in [0.1, 0.15) is 57.8 Å². The third-order valence-corrected chi connectivity index (χ3v) is 6.87. The number of amides is 3. The van der Waals surface area contributed by atoms with Gasteiger partial charge in [-0.1, -0.05) is 25.7 Å². The van der Waals surface area contributed by atoms with Crippen LogP contribution < -0.4 is 5.32 Å². The van der Waals surface area contributed by atoms with Crippen molar-refractivity contribution in [1.82, 2.24) is 15.1 Å². The largest absolute Gasteiger partial charge is 0.339 e. The number of urea groups is 1. The highest BCUT2D eigenvalue weighted by molar-refractivity contribution is 5.80. The van der Waals surface area contributed by atoms with E-state index < -0.39 is 0 Å². The summed E-state index contributed by atoms with van der Waals surface area (Å²) < 4.78 is 0. The summed E-state index contributed by atoms with van der Waals surface area (Å²) in [7, 11) is 0. The van der Waals surface area contributed by atoms with Crippen molar-refractivity contribution in [3.63, 3.8) is 0 Å². The van der Waals surface area contributed by atoms with E-state index in [1.807, 2.05) is 9.80 Å². The normalized spacial score (nSPS) is 33.8. The number of rotatable bonds is 2. The molecule has 2 bridgehead atoms. The van der Waals surface area contributed by atoms with E-state index in [0.29, 0.717) is 44.0 Å². The van der Waals surface area contributed by atoms with Gasteiger partial charge in [-0.3, -0.25) is 4.79 Å². The number of nitrogens with zero attached hydrogens (tertiary/aromatic N) is 2. The topological polar surface area (TPSA) is 52.7 Å². The van der Waals surface area contributed by atoms with Crippen molar-refractivity contribution in [3.05, 3.63) is 0 Å². The summed E-state index contributed by atoms with van der Waals surface area (Å²) in [4.78, 5) is 29.1. The number of carbonyl (C=O) groups excluding carboxylic acids is 2. The van der Waals surface area contributed by atoms with E-state index >= 15 is 0 Å². The Kier molecular flexibility index (Phi) is 4.68. The van der Waals surface area contributed by atoms with E-state index in [4.69, 9.17) is 0 Å². The fourth-order valence-corrected chi connectivity index (χ4v) is 5.42. The van der Waals surface area contributed by atoms with E-state index in [1.165, 1.54) is 38.5 Å². The molecular formula is C19H31N3O2. The minimum atomic E-state index is 0.0777. The molecule has 4 fully saturated rings. The van der Waals surface area contributed by atoms with Crippen LogP contribution in [-0.2, 0) is 4.79 Å². The molecule has 24 heavy (non-hydrogen) atoms.